The van der Waals surface area contributed by atoms with Gasteiger partial charge in [-0.25, -0.2) is 33.4 Å². The summed E-state index contributed by atoms with van der Waals surface area (Å²) in [6.07, 6.45) is 7.60. The standard InChI is InChI=1S/C30H35FN10O/c1-5-22-15-35-29(36-16-22)38-10-11-39(21(4)18-38)28-24(14-32)12-25(17-34-28)23-6-7-27(26(31)13-23)40-19-37-41(30(40)42)9-8-33-20(2)3/h6-7,12-13,15-17,19-21,33H,5,8-11,18H2,1-4H3/t21-/m0/s1. The number of nitriles is 1. The molecule has 4 aromatic rings. The first kappa shape index (κ1) is 28.9. The minimum absolute atomic E-state index is 0.0655. The number of aryl methyl sites for hydroxylation is 1. The van der Waals surface area contributed by atoms with Crippen LogP contribution in [0.4, 0.5) is 16.2 Å². The highest BCUT2D eigenvalue weighted by Gasteiger charge is 2.28. The van der Waals surface area contributed by atoms with E-state index in [-0.39, 0.29) is 17.8 Å². The predicted molar refractivity (Wildman–Crippen MR) is 159 cm³/mol. The summed E-state index contributed by atoms with van der Waals surface area (Å²) in [5, 5.41) is 17.3. The zero-order chi connectivity index (χ0) is 29.8. The molecule has 1 saturated heterocycles. The van der Waals surface area contributed by atoms with Gasteiger partial charge in [0.25, 0.3) is 0 Å². The molecule has 42 heavy (non-hydrogen) atoms. The molecule has 1 atom stereocenters. The number of benzene rings is 1. The second-order valence-corrected chi connectivity index (χ2v) is 10.7. The lowest BCUT2D eigenvalue weighted by Crippen LogP contribution is -2.53. The topological polar surface area (TPSA) is 121 Å². The van der Waals surface area contributed by atoms with E-state index in [2.05, 4.69) is 55.1 Å². The van der Waals surface area contributed by atoms with Gasteiger partial charge in [0.05, 0.1) is 17.8 Å². The van der Waals surface area contributed by atoms with Crippen molar-refractivity contribution in [3.8, 4) is 22.9 Å². The molecule has 0 saturated carbocycles. The average molecular weight is 571 g/mol. The van der Waals surface area contributed by atoms with Crippen LogP contribution in [-0.4, -0.2) is 67.6 Å². The number of pyridine rings is 1. The summed E-state index contributed by atoms with van der Waals surface area (Å²) in [7, 11) is 0. The fraction of sp³-hybridized carbons (Fsp3) is 0.400. The van der Waals surface area contributed by atoms with E-state index in [1.807, 2.05) is 26.2 Å². The van der Waals surface area contributed by atoms with Crippen molar-refractivity contribution < 1.29 is 4.39 Å². The van der Waals surface area contributed by atoms with Gasteiger partial charge < -0.3 is 15.1 Å². The van der Waals surface area contributed by atoms with Crippen molar-refractivity contribution >= 4 is 11.8 Å². The maximum atomic E-state index is 15.3. The molecule has 12 heteroatoms. The van der Waals surface area contributed by atoms with Crippen molar-refractivity contribution in [3.63, 3.8) is 0 Å². The number of hydrogen-bond donors (Lipinski definition) is 1. The molecule has 3 aromatic heterocycles. The van der Waals surface area contributed by atoms with Gasteiger partial charge in [-0.2, -0.15) is 10.4 Å². The van der Waals surface area contributed by atoms with Crippen LogP contribution in [0.3, 0.4) is 0 Å². The maximum absolute atomic E-state index is 15.3. The summed E-state index contributed by atoms with van der Waals surface area (Å²) in [4.78, 5) is 30.7. The molecule has 1 aliphatic rings. The second-order valence-electron chi connectivity index (χ2n) is 10.7. The SMILES string of the molecule is CCc1cnc(N2CCN(c3ncc(-c4ccc(-n5cnn(CCNC(C)C)c5=O)c(F)c4)cc3C#N)[C@@H](C)C2)nc1. The summed E-state index contributed by atoms with van der Waals surface area (Å²) in [6, 6.07) is 8.96. The first-order chi connectivity index (χ1) is 20.3. The highest BCUT2D eigenvalue weighted by atomic mass is 19.1. The fourth-order valence-corrected chi connectivity index (χ4v) is 5.07. The molecular weight excluding hydrogens is 535 g/mol. The molecule has 0 aliphatic carbocycles. The zero-order valence-electron chi connectivity index (χ0n) is 24.3. The van der Waals surface area contributed by atoms with Gasteiger partial charge in [-0.3, -0.25) is 0 Å². The summed E-state index contributed by atoms with van der Waals surface area (Å²) in [5.41, 5.74) is 2.37. The first-order valence-corrected chi connectivity index (χ1v) is 14.2. The van der Waals surface area contributed by atoms with Gasteiger partial charge >= 0.3 is 5.69 Å². The Morgan fingerprint density at radius 2 is 1.90 bits per heavy atom. The summed E-state index contributed by atoms with van der Waals surface area (Å²) < 4.78 is 17.8. The third-order valence-corrected chi connectivity index (χ3v) is 7.42. The van der Waals surface area contributed by atoms with Crippen LogP contribution in [0.15, 0.2) is 54.0 Å². The van der Waals surface area contributed by atoms with Gasteiger partial charge in [-0.05, 0) is 42.7 Å². The highest BCUT2D eigenvalue weighted by Crippen LogP contribution is 2.29. The number of aromatic nitrogens is 6. The van der Waals surface area contributed by atoms with Crippen LogP contribution in [-0.2, 0) is 13.0 Å². The van der Waals surface area contributed by atoms with E-state index in [0.29, 0.717) is 61.2 Å². The van der Waals surface area contributed by atoms with Crippen molar-refractivity contribution in [2.75, 3.05) is 36.0 Å². The smallest absolute Gasteiger partial charge is 0.349 e. The van der Waals surface area contributed by atoms with E-state index in [0.717, 1.165) is 12.0 Å². The fourth-order valence-electron chi connectivity index (χ4n) is 5.07. The van der Waals surface area contributed by atoms with Crippen molar-refractivity contribution in [3.05, 3.63) is 76.6 Å². The molecule has 218 valence electrons. The molecule has 1 aromatic carbocycles. The van der Waals surface area contributed by atoms with Gasteiger partial charge in [0.15, 0.2) is 0 Å². The Bertz CT molecular complexity index is 1640. The van der Waals surface area contributed by atoms with Crippen molar-refractivity contribution in [2.24, 2.45) is 0 Å². The highest BCUT2D eigenvalue weighted by molar-refractivity contribution is 5.69. The third-order valence-electron chi connectivity index (χ3n) is 7.42. The Hall–Kier alpha value is -4.63. The number of halogens is 1. The quantitative estimate of drug-likeness (QED) is 0.323. The van der Waals surface area contributed by atoms with Crippen LogP contribution in [0, 0.1) is 17.1 Å². The molecule has 5 rings (SSSR count). The molecule has 1 fully saturated rings. The van der Waals surface area contributed by atoms with Crippen molar-refractivity contribution in [1.82, 2.24) is 34.6 Å². The molecule has 0 amide bonds. The lowest BCUT2D eigenvalue weighted by molar-refractivity contribution is 0.504. The summed E-state index contributed by atoms with van der Waals surface area (Å²) in [5.74, 6) is 0.723. The van der Waals surface area contributed by atoms with Crippen LogP contribution in [0.5, 0.6) is 0 Å². The Balaban J connectivity index is 1.32. The summed E-state index contributed by atoms with van der Waals surface area (Å²) in [6.45, 7) is 11.2. The average Bonchev–Trinajstić information content (AvgIpc) is 3.36. The second kappa shape index (κ2) is 12.5. The Labute approximate surface area is 244 Å². The van der Waals surface area contributed by atoms with Crippen LogP contribution >= 0.6 is 0 Å². The van der Waals surface area contributed by atoms with E-state index < -0.39 is 11.5 Å². The molecule has 1 aliphatic heterocycles. The van der Waals surface area contributed by atoms with Gasteiger partial charge in [-0.15, -0.1) is 0 Å². The van der Waals surface area contributed by atoms with Gasteiger partial charge in [-0.1, -0.05) is 26.8 Å². The Morgan fingerprint density at radius 1 is 1.12 bits per heavy atom. The summed E-state index contributed by atoms with van der Waals surface area (Å²) >= 11 is 0. The number of nitrogens with one attached hydrogen (secondary N) is 1. The van der Waals surface area contributed by atoms with E-state index in [1.54, 1.807) is 24.4 Å². The van der Waals surface area contributed by atoms with Gasteiger partial charge in [0, 0.05) is 62.4 Å². The lowest BCUT2D eigenvalue weighted by atomic mass is 10.0. The zero-order valence-corrected chi connectivity index (χ0v) is 24.3. The lowest BCUT2D eigenvalue weighted by Gasteiger charge is -2.40. The van der Waals surface area contributed by atoms with Crippen LogP contribution in [0.2, 0.25) is 0 Å². The number of hydrogen-bond acceptors (Lipinski definition) is 9. The van der Waals surface area contributed by atoms with E-state index in [1.165, 1.54) is 21.6 Å². The number of nitrogens with zero attached hydrogens (tertiary/aromatic N) is 9. The number of piperazine rings is 1. The van der Waals surface area contributed by atoms with Crippen molar-refractivity contribution in [1.29, 1.82) is 5.26 Å². The van der Waals surface area contributed by atoms with E-state index >= 15 is 4.39 Å². The largest absolute Gasteiger partial charge is 0.350 e. The van der Waals surface area contributed by atoms with Crippen molar-refractivity contribution in [2.45, 2.75) is 52.7 Å². The molecule has 1 N–H and O–H groups in total. The molecule has 4 heterocycles. The predicted octanol–water partition coefficient (Wildman–Crippen LogP) is 3.17. The molecule has 11 nitrogen and oxygen atoms in total. The molecule has 0 radical (unpaired) electrons. The van der Waals surface area contributed by atoms with Crippen LogP contribution in [0.1, 0.15) is 38.8 Å². The Morgan fingerprint density at radius 3 is 2.57 bits per heavy atom. The van der Waals surface area contributed by atoms with E-state index in [4.69, 9.17) is 0 Å². The maximum Gasteiger partial charge on any atom is 0.350 e. The molecule has 0 bridgehead atoms. The minimum atomic E-state index is -0.573. The van der Waals surface area contributed by atoms with Gasteiger partial charge in [0.2, 0.25) is 5.95 Å². The Kier molecular flexibility index (Phi) is 8.59. The van der Waals surface area contributed by atoms with Crippen LogP contribution in [0.25, 0.3) is 16.8 Å². The van der Waals surface area contributed by atoms with Crippen LogP contribution < -0.4 is 20.8 Å². The number of rotatable bonds is 9. The van der Waals surface area contributed by atoms with E-state index in [9.17, 15) is 10.1 Å². The monoisotopic (exact) mass is 570 g/mol. The third kappa shape index (κ3) is 6.01. The van der Waals surface area contributed by atoms with Gasteiger partial charge in [0.1, 0.15) is 24.0 Å². The minimum Gasteiger partial charge on any atom is -0.349 e. The first-order valence-electron chi connectivity index (χ1n) is 14.2. The normalized spacial score (nSPS) is 15.3. The molecule has 0 spiro atoms. The molecule has 0 unspecified atom stereocenters. The molecular formula is C30H35FN10O. The number of anilines is 2.